The van der Waals surface area contributed by atoms with Crippen LogP contribution in [0.15, 0.2) is 42.0 Å². The summed E-state index contributed by atoms with van der Waals surface area (Å²) in [6.07, 6.45) is 10.1. The van der Waals surface area contributed by atoms with Gasteiger partial charge < -0.3 is 9.84 Å². The van der Waals surface area contributed by atoms with Crippen LogP contribution >= 0.6 is 0 Å². The topological polar surface area (TPSA) is 46.5 Å². The SMILES string of the molecule is C/C(C=O)=C\C=C\C1(C)C=Cc2cc(O)cc(C)c2O1. The molecular formula is C17H18O3. The standard InChI is InChI=1S/C17H18O3/c1-12(11-18)5-4-7-17(3)8-6-14-10-15(19)9-13(2)16(14)20-17/h4-11,19H,1-3H3/b7-4+,12-5+. The largest absolute Gasteiger partial charge is 0.508 e. The first kappa shape index (κ1) is 14.1. The third kappa shape index (κ3) is 2.99. The highest BCUT2D eigenvalue weighted by molar-refractivity contribution is 5.72. The van der Waals surface area contributed by atoms with Crippen molar-refractivity contribution in [2.75, 3.05) is 0 Å². The van der Waals surface area contributed by atoms with Gasteiger partial charge in [-0.15, -0.1) is 0 Å². The van der Waals surface area contributed by atoms with Crippen LogP contribution in [-0.4, -0.2) is 17.0 Å². The monoisotopic (exact) mass is 270 g/mol. The molecule has 0 saturated heterocycles. The molecule has 0 spiro atoms. The Balaban J connectivity index is 2.29. The summed E-state index contributed by atoms with van der Waals surface area (Å²) in [4.78, 5) is 10.5. The number of aldehydes is 1. The molecule has 0 bridgehead atoms. The summed E-state index contributed by atoms with van der Waals surface area (Å²) >= 11 is 0. The van der Waals surface area contributed by atoms with Gasteiger partial charge in [0.2, 0.25) is 0 Å². The number of phenolic OH excluding ortho intramolecular Hbond substituents is 1. The quantitative estimate of drug-likeness (QED) is 0.519. The molecule has 1 atom stereocenters. The zero-order valence-corrected chi connectivity index (χ0v) is 11.9. The molecule has 1 aliphatic rings. The molecular weight excluding hydrogens is 252 g/mol. The van der Waals surface area contributed by atoms with Crippen molar-refractivity contribution < 1.29 is 14.6 Å². The number of fused-ring (bicyclic) bond motifs is 1. The van der Waals surface area contributed by atoms with Gasteiger partial charge in [0.15, 0.2) is 0 Å². The predicted octanol–water partition coefficient (Wildman–Crippen LogP) is 3.57. The number of phenols is 1. The van der Waals surface area contributed by atoms with E-state index in [9.17, 15) is 9.90 Å². The van der Waals surface area contributed by atoms with E-state index in [4.69, 9.17) is 4.74 Å². The third-order valence-corrected chi connectivity index (χ3v) is 3.18. The van der Waals surface area contributed by atoms with Crippen LogP contribution in [0.2, 0.25) is 0 Å². The molecule has 1 unspecified atom stereocenters. The lowest BCUT2D eigenvalue weighted by molar-refractivity contribution is -0.104. The lowest BCUT2D eigenvalue weighted by Gasteiger charge is -2.30. The van der Waals surface area contributed by atoms with Crippen molar-refractivity contribution in [1.29, 1.82) is 0 Å². The van der Waals surface area contributed by atoms with Crippen molar-refractivity contribution in [2.24, 2.45) is 0 Å². The predicted molar refractivity (Wildman–Crippen MR) is 79.9 cm³/mol. The van der Waals surface area contributed by atoms with E-state index < -0.39 is 5.60 Å². The van der Waals surface area contributed by atoms with Gasteiger partial charge in [-0.1, -0.05) is 18.2 Å². The maximum atomic E-state index is 10.5. The van der Waals surface area contributed by atoms with Gasteiger partial charge in [-0.25, -0.2) is 0 Å². The maximum Gasteiger partial charge on any atom is 0.145 e. The normalized spacial score (nSPS) is 21.6. The van der Waals surface area contributed by atoms with Gasteiger partial charge in [0, 0.05) is 5.56 Å². The first-order valence-electron chi connectivity index (χ1n) is 6.47. The molecule has 0 fully saturated rings. The molecule has 0 amide bonds. The number of allylic oxidation sites excluding steroid dienone is 3. The van der Waals surface area contributed by atoms with Crippen LogP contribution < -0.4 is 4.74 Å². The highest BCUT2D eigenvalue weighted by Gasteiger charge is 2.25. The molecule has 1 aromatic carbocycles. The van der Waals surface area contributed by atoms with Crippen LogP contribution in [0.3, 0.4) is 0 Å². The lowest BCUT2D eigenvalue weighted by Crippen LogP contribution is -2.29. The Hall–Kier alpha value is -2.29. The van der Waals surface area contributed by atoms with E-state index >= 15 is 0 Å². The van der Waals surface area contributed by atoms with Crippen LogP contribution in [0, 0.1) is 6.92 Å². The number of ether oxygens (including phenoxy) is 1. The van der Waals surface area contributed by atoms with Gasteiger partial charge in [0.05, 0.1) is 0 Å². The number of carbonyl (C=O) groups excluding carboxylic acids is 1. The zero-order chi connectivity index (χ0) is 14.8. The number of benzene rings is 1. The van der Waals surface area contributed by atoms with E-state index in [2.05, 4.69) is 0 Å². The third-order valence-electron chi connectivity index (χ3n) is 3.18. The lowest BCUT2D eigenvalue weighted by atomic mass is 9.97. The van der Waals surface area contributed by atoms with Crippen molar-refractivity contribution in [1.82, 2.24) is 0 Å². The minimum atomic E-state index is -0.561. The Kier molecular flexibility index (Phi) is 3.79. The molecule has 3 heteroatoms. The smallest absolute Gasteiger partial charge is 0.145 e. The van der Waals surface area contributed by atoms with Crippen LogP contribution in [0.4, 0.5) is 0 Å². The first-order valence-corrected chi connectivity index (χ1v) is 6.47. The summed E-state index contributed by atoms with van der Waals surface area (Å²) in [6, 6.07) is 3.36. The number of hydrogen-bond acceptors (Lipinski definition) is 3. The molecule has 1 heterocycles. The average molecular weight is 270 g/mol. The van der Waals surface area contributed by atoms with Gasteiger partial charge in [-0.3, -0.25) is 4.79 Å². The molecule has 0 aliphatic carbocycles. The van der Waals surface area contributed by atoms with Gasteiger partial charge in [0.1, 0.15) is 23.4 Å². The van der Waals surface area contributed by atoms with Crippen LogP contribution in [0.1, 0.15) is 25.0 Å². The molecule has 1 aromatic rings. The molecule has 1 aliphatic heterocycles. The van der Waals surface area contributed by atoms with Crippen molar-refractivity contribution in [2.45, 2.75) is 26.4 Å². The molecule has 0 radical (unpaired) electrons. The van der Waals surface area contributed by atoms with Crippen LogP contribution in [-0.2, 0) is 4.79 Å². The summed E-state index contributed by atoms with van der Waals surface area (Å²) in [5, 5.41) is 9.58. The summed E-state index contributed by atoms with van der Waals surface area (Å²) in [5.74, 6) is 1.01. The Labute approximate surface area is 118 Å². The second-order valence-corrected chi connectivity index (χ2v) is 5.19. The number of aryl methyl sites for hydroxylation is 1. The number of rotatable bonds is 3. The number of hydrogen-bond donors (Lipinski definition) is 1. The maximum absolute atomic E-state index is 10.5. The van der Waals surface area contributed by atoms with E-state index in [-0.39, 0.29) is 5.75 Å². The van der Waals surface area contributed by atoms with Crippen molar-refractivity contribution in [3.8, 4) is 11.5 Å². The highest BCUT2D eigenvalue weighted by atomic mass is 16.5. The Morgan fingerprint density at radius 3 is 2.85 bits per heavy atom. The van der Waals surface area contributed by atoms with Gasteiger partial charge in [-0.05, 0) is 56.2 Å². The van der Waals surface area contributed by atoms with Crippen LogP contribution in [0.25, 0.3) is 6.08 Å². The molecule has 3 nitrogen and oxygen atoms in total. The summed E-state index contributed by atoms with van der Waals surface area (Å²) < 4.78 is 6.02. The van der Waals surface area contributed by atoms with Crippen molar-refractivity contribution in [3.05, 3.63) is 53.1 Å². The molecule has 1 N–H and O–H groups in total. The molecule has 104 valence electrons. The van der Waals surface area contributed by atoms with Crippen molar-refractivity contribution >= 4 is 12.4 Å². The summed E-state index contributed by atoms with van der Waals surface area (Å²) in [7, 11) is 0. The van der Waals surface area contributed by atoms with E-state index in [1.165, 1.54) is 0 Å². The Morgan fingerprint density at radius 2 is 2.15 bits per heavy atom. The van der Waals surface area contributed by atoms with E-state index in [1.54, 1.807) is 25.1 Å². The van der Waals surface area contributed by atoms with Crippen LogP contribution in [0.5, 0.6) is 11.5 Å². The van der Waals surface area contributed by atoms with E-state index in [1.807, 2.05) is 38.2 Å². The second kappa shape index (κ2) is 5.37. The summed E-state index contributed by atoms with van der Waals surface area (Å²) in [6.45, 7) is 5.59. The fourth-order valence-electron chi connectivity index (χ4n) is 2.07. The van der Waals surface area contributed by atoms with E-state index in [0.29, 0.717) is 5.57 Å². The van der Waals surface area contributed by atoms with Gasteiger partial charge >= 0.3 is 0 Å². The fraction of sp³-hybridized carbons (Fsp3) is 0.235. The van der Waals surface area contributed by atoms with Crippen molar-refractivity contribution in [3.63, 3.8) is 0 Å². The van der Waals surface area contributed by atoms with Gasteiger partial charge in [0.25, 0.3) is 0 Å². The first-order chi connectivity index (χ1) is 9.43. The Morgan fingerprint density at radius 1 is 1.40 bits per heavy atom. The molecule has 2 rings (SSSR count). The fourth-order valence-corrected chi connectivity index (χ4v) is 2.07. The zero-order valence-electron chi connectivity index (χ0n) is 11.9. The minimum Gasteiger partial charge on any atom is -0.508 e. The van der Waals surface area contributed by atoms with E-state index in [0.717, 1.165) is 23.2 Å². The number of carbonyl (C=O) groups is 1. The Bertz CT molecular complexity index is 623. The molecule has 20 heavy (non-hydrogen) atoms. The minimum absolute atomic E-state index is 0.234. The molecule has 0 aromatic heterocycles. The average Bonchev–Trinajstić information content (AvgIpc) is 2.39. The molecule has 0 saturated carbocycles. The number of aromatic hydroxyl groups is 1. The van der Waals surface area contributed by atoms with Gasteiger partial charge in [-0.2, -0.15) is 0 Å². The second-order valence-electron chi connectivity index (χ2n) is 5.19. The highest BCUT2D eigenvalue weighted by Crippen LogP contribution is 2.36. The summed E-state index contributed by atoms with van der Waals surface area (Å²) in [5.41, 5.74) is 1.86.